The lowest BCUT2D eigenvalue weighted by Gasteiger charge is -2.19. The molecule has 2 aromatic rings. The largest absolute Gasteiger partial charge is 0.313 e. The summed E-state index contributed by atoms with van der Waals surface area (Å²) in [6.45, 7) is 1.95. The van der Waals surface area contributed by atoms with Gasteiger partial charge in [0.05, 0.1) is 5.69 Å². The Labute approximate surface area is 133 Å². The fourth-order valence-electron chi connectivity index (χ4n) is 2.30. The molecule has 3 nitrogen and oxygen atoms in total. The molecule has 0 fully saturated rings. The zero-order valence-electron chi connectivity index (χ0n) is 11.5. The molecule has 2 rings (SSSR count). The Balaban J connectivity index is 2.39. The monoisotopic (exact) mass is 331 g/mol. The highest BCUT2D eigenvalue weighted by Gasteiger charge is 2.21. The van der Waals surface area contributed by atoms with Crippen molar-refractivity contribution in [3.8, 4) is 0 Å². The van der Waals surface area contributed by atoms with Gasteiger partial charge in [-0.2, -0.15) is 5.10 Å². The Kier molecular flexibility index (Phi) is 4.97. The molecule has 20 heavy (non-hydrogen) atoms. The van der Waals surface area contributed by atoms with Gasteiger partial charge in [0.25, 0.3) is 0 Å². The fourth-order valence-corrected chi connectivity index (χ4v) is 3.21. The minimum Gasteiger partial charge on any atom is -0.313 e. The Morgan fingerprint density at radius 3 is 2.30 bits per heavy atom. The van der Waals surface area contributed by atoms with Crippen molar-refractivity contribution in [2.75, 3.05) is 7.05 Å². The van der Waals surface area contributed by atoms with Crippen LogP contribution in [0.15, 0.2) is 18.2 Å². The molecule has 1 aromatic heterocycles. The number of nitrogens with zero attached hydrogens (tertiary/aromatic N) is 2. The third-order valence-electron chi connectivity index (χ3n) is 3.37. The fraction of sp³-hybridized carbons (Fsp3) is 0.357. The van der Waals surface area contributed by atoms with E-state index in [1.54, 1.807) is 4.68 Å². The standard InChI is InChI=1S/C14H16Cl3N3/c1-8-9(14(17)20(3)19-8)7-12(18-2)13-10(15)5-4-6-11(13)16/h4-6,12,18H,7H2,1-3H3. The molecule has 1 unspecified atom stereocenters. The lowest BCUT2D eigenvalue weighted by Crippen LogP contribution is -2.20. The summed E-state index contributed by atoms with van der Waals surface area (Å²) in [5, 5.41) is 9.51. The number of rotatable bonds is 4. The highest BCUT2D eigenvalue weighted by molar-refractivity contribution is 6.36. The number of nitrogens with one attached hydrogen (secondary N) is 1. The Hall–Kier alpha value is -0.740. The zero-order valence-corrected chi connectivity index (χ0v) is 13.8. The normalized spacial score (nSPS) is 12.7. The van der Waals surface area contributed by atoms with Crippen molar-refractivity contribution >= 4 is 34.8 Å². The quantitative estimate of drug-likeness (QED) is 0.909. The molecule has 1 heterocycles. The molecule has 0 amide bonds. The average molecular weight is 333 g/mol. The van der Waals surface area contributed by atoms with Crippen molar-refractivity contribution in [2.24, 2.45) is 7.05 Å². The molecule has 0 saturated heterocycles. The zero-order chi connectivity index (χ0) is 14.9. The van der Waals surface area contributed by atoms with Crippen molar-refractivity contribution in [2.45, 2.75) is 19.4 Å². The number of benzene rings is 1. The van der Waals surface area contributed by atoms with Crippen LogP contribution in [0.4, 0.5) is 0 Å². The second-order valence-electron chi connectivity index (χ2n) is 4.66. The molecule has 1 N–H and O–H groups in total. The molecule has 0 aliphatic rings. The molecule has 108 valence electrons. The third kappa shape index (κ3) is 2.96. The van der Waals surface area contributed by atoms with E-state index >= 15 is 0 Å². The molecular formula is C14H16Cl3N3. The molecular weight excluding hydrogens is 317 g/mol. The maximum atomic E-state index is 6.29. The molecule has 0 bridgehead atoms. The summed E-state index contributed by atoms with van der Waals surface area (Å²) >= 11 is 18.8. The lowest BCUT2D eigenvalue weighted by atomic mass is 9.99. The summed E-state index contributed by atoms with van der Waals surface area (Å²) in [6.07, 6.45) is 0.679. The summed E-state index contributed by atoms with van der Waals surface area (Å²) in [6, 6.07) is 5.50. The van der Waals surface area contributed by atoms with E-state index in [4.69, 9.17) is 34.8 Å². The van der Waals surface area contributed by atoms with E-state index in [1.165, 1.54) is 0 Å². The first kappa shape index (κ1) is 15.6. The van der Waals surface area contributed by atoms with Crippen LogP contribution in [0.3, 0.4) is 0 Å². The Morgan fingerprint density at radius 2 is 1.85 bits per heavy atom. The van der Waals surface area contributed by atoms with Gasteiger partial charge in [-0.25, -0.2) is 0 Å². The van der Waals surface area contributed by atoms with Crippen molar-refractivity contribution < 1.29 is 0 Å². The van der Waals surface area contributed by atoms with Crippen LogP contribution in [-0.2, 0) is 13.5 Å². The van der Waals surface area contributed by atoms with E-state index in [9.17, 15) is 0 Å². The number of aromatic nitrogens is 2. The van der Waals surface area contributed by atoms with Crippen LogP contribution in [0, 0.1) is 6.92 Å². The minimum atomic E-state index is -0.0170. The summed E-state index contributed by atoms with van der Waals surface area (Å²) in [7, 11) is 3.71. The first-order valence-corrected chi connectivity index (χ1v) is 7.38. The first-order valence-electron chi connectivity index (χ1n) is 6.24. The van der Waals surface area contributed by atoms with Crippen LogP contribution in [0.5, 0.6) is 0 Å². The van der Waals surface area contributed by atoms with Crippen molar-refractivity contribution in [1.82, 2.24) is 15.1 Å². The molecule has 0 spiro atoms. The van der Waals surface area contributed by atoms with Gasteiger partial charge < -0.3 is 5.32 Å². The highest BCUT2D eigenvalue weighted by atomic mass is 35.5. The number of halogens is 3. The third-order valence-corrected chi connectivity index (χ3v) is 4.51. The van der Waals surface area contributed by atoms with E-state index in [-0.39, 0.29) is 6.04 Å². The van der Waals surface area contributed by atoms with Crippen molar-refractivity contribution in [3.63, 3.8) is 0 Å². The SMILES string of the molecule is CNC(Cc1c(C)nn(C)c1Cl)c1c(Cl)cccc1Cl. The molecule has 0 aliphatic carbocycles. The van der Waals surface area contributed by atoms with Crippen molar-refractivity contribution in [3.05, 3.63) is 50.2 Å². The number of hydrogen-bond donors (Lipinski definition) is 1. The highest BCUT2D eigenvalue weighted by Crippen LogP contribution is 2.33. The summed E-state index contributed by atoms with van der Waals surface area (Å²) < 4.78 is 1.67. The number of aryl methyl sites for hydroxylation is 2. The van der Waals surface area contributed by atoms with Crippen LogP contribution < -0.4 is 5.32 Å². The summed E-state index contributed by atoms with van der Waals surface area (Å²) in [5.41, 5.74) is 2.81. The van der Waals surface area contributed by atoms with Crippen LogP contribution >= 0.6 is 34.8 Å². The van der Waals surface area contributed by atoms with Gasteiger partial charge in [0.15, 0.2) is 0 Å². The van der Waals surface area contributed by atoms with E-state index in [0.717, 1.165) is 16.8 Å². The molecule has 0 saturated carbocycles. The van der Waals surface area contributed by atoms with E-state index in [0.29, 0.717) is 21.6 Å². The maximum Gasteiger partial charge on any atom is 0.130 e. The number of hydrogen-bond acceptors (Lipinski definition) is 2. The van der Waals surface area contributed by atoms with Gasteiger partial charge in [-0.15, -0.1) is 0 Å². The Bertz CT molecular complexity index is 602. The number of likely N-dealkylation sites (N-methyl/N-ethyl adjacent to an activating group) is 1. The van der Waals surface area contributed by atoms with Gasteiger partial charge in [0.1, 0.15) is 5.15 Å². The minimum absolute atomic E-state index is 0.0170. The molecule has 6 heteroatoms. The molecule has 1 aromatic carbocycles. The Morgan fingerprint density at radius 1 is 1.25 bits per heavy atom. The van der Waals surface area contributed by atoms with Gasteiger partial charge in [0.2, 0.25) is 0 Å². The van der Waals surface area contributed by atoms with Gasteiger partial charge in [0, 0.05) is 34.3 Å². The van der Waals surface area contributed by atoms with Crippen molar-refractivity contribution in [1.29, 1.82) is 0 Å². The van der Waals surface area contributed by atoms with Crippen LogP contribution in [0.25, 0.3) is 0 Å². The van der Waals surface area contributed by atoms with Gasteiger partial charge in [-0.3, -0.25) is 4.68 Å². The summed E-state index contributed by atoms with van der Waals surface area (Å²) in [5.74, 6) is 0. The van der Waals surface area contributed by atoms with E-state index in [1.807, 2.05) is 39.2 Å². The predicted octanol–water partition coefficient (Wildman–Crippen LogP) is 4.19. The van der Waals surface area contributed by atoms with E-state index in [2.05, 4.69) is 10.4 Å². The summed E-state index contributed by atoms with van der Waals surface area (Å²) in [4.78, 5) is 0. The lowest BCUT2D eigenvalue weighted by molar-refractivity contribution is 0.591. The maximum absolute atomic E-state index is 6.29. The second kappa shape index (κ2) is 6.35. The second-order valence-corrected chi connectivity index (χ2v) is 5.83. The van der Waals surface area contributed by atoms with Crippen LogP contribution in [0.1, 0.15) is 22.9 Å². The molecule has 0 aliphatic heterocycles. The molecule has 1 atom stereocenters. The van der Waals surface area contributed by atoms with Gasteiger partial charge >= 0.3 is 0 Å². The smallest absolute Gasteiger partial charge is 0.130 e. The van der Waals surface area contributed by atoms with Gasteiger partial charge in [-0.05, 0) is 32.5 Å². The van der Waals surface area contributed by atoms with Gasteiger partial charge in [-0.1, -0.05) is 40.9 Å². The molecule has 0 radical (unpaired) electrons. The van der Waals surface area contributed by atoms with Crippen LogP contribution in [-0.4, -0.2) is 16.8 Å². The first-order chi connectivity index (χ1) is 9.45. The topological polar surface area (TPSA) is 29.9 Å². The predicted molar refractivity (Wildman–Crippen MR) is 84.9 cm³/mol. The van der Waals surface area contributed by atoms with E-state index < -0.39 is 0 Å². The van der Waals surface area contributed by atoms with Crippen LogP contribution in [0.2, 0.25) is 15.2 Å². The average Bonchev–Trinajstić information content (AvgIpc) is 2.63.